The quantitative estimate of drug-likeness (QED) is 0.645. The van der Waals surface area contributed by atoms with E-state index in [1.54, 1.807) is 0 Å². The fraction of sp³-hybridized carbons (Fsp3) is 0.750. The van der Waals surface area contributed by atoms with Gasteiger partial charge in [-0.3, -0.25) is 0 Å². The molecule has 21 heavy (non-hydrogen) atoms. The minimum atomic E-state index is -0.101. The molecule has 0 spiro atoms. The van der Waals surface area contributed by atoms with Crippen molar-refractivity contribution < 1.29 is 0 Å². The summed E-state index contributed by atoms with van der Waals surface area (Å²) in [6, 6.07) is 0.414. The Balaban J connectivity index is 2.48. The van der Waals surface area contributed by atoms with Crippen LogP contribution >= 0.6 is 0 Å². The molecular formula is C16H29N5. The van der Waals surface area contributed by atoms with Gasteiger partial charge < -0.3 is 10.3 Å². The van der Waals surface area contributed by atoms with Gasteiger partial charge in [-0.05, 0) is 39.5 Å². The van der Waals surface area contributed by atoms with Crippen LogP contribution in [0, 0.1) is 12.8 Å². The monoisotopic (exact) mass is 291 g/mol. The maximum Gasteiger partial charge on any atom is 0.148 e. The third-order valence-electron chi connectivity index (χ3n) is 3.97. The summed E-state index contributed by atoms with van der Waals surface area (Å²) < 4.78 is 0. The van der Waals surface area contributed by atoms with Gasteiger partial charge in [-0.2, -0.15) is 0 Å². The van der Waals surface area contributed by atoms with Gasteiger partial charge in [-0.1, -0.05) is 20.8 Å². The van der Waals surface area contributed by atoms with Crippen molar-refractivity contribution in [3.8, 4) is 0 Å². The molecule has 1 saturated carbocycles. The summed E-state index contributed by atoms with van der Waals surface area (Å²) in [5, 5.41) is 0. The molecule has 118 valence electrons. The van der Waals surface area contributed by atoms with Crippen molar-refractivity contribution in [2.24, 2.45) is 11.8 Å². The summed E-state index contributed by atoms with van der Waals surface area (Å²) in [5.41, 5.74) is 3.66. The summed E-state index contributed by atoms with van der Waals surface area (Å²) in [6.07, 6.45) is 2.67. The lowest BCUT2D eigenvalue weighted by molar-refractivity contribution is 0.540. The number of hydrogen-bond acceptors (Lipinski definition) is 5. The zero-order valence-electron chi connectivity index (χ0n) is 14.2. The molecule has 0 saturated heterocycles. The highest BCUT2D eigenvalue weighted by molar-refractivity contribution is 5.59. The van der Waals surface area contributed by atoms with Gasteiger partial charge in [0.15, 0.2) is 0 Å². The molecule has 1 aromatic heterocycles. The van der Waals surface area contributed by atoms with Gasteiger partial charge in [0.05, 0.1) is 0 Å². The van der Waals surface area contributed by atoms with Gasteiger partial charge in [0.25, 0.3) is 0 Å². The van der Waals surface area contributed by atoms with Crippen molar-refractivity contribution in [3.63, 3.8) is 0 Å². The Labute approximate surface area is 128 Å². The van der Waals surface area contributed by atoms with E-state index in [1.807, 2.05) is 6.92 Å². The topological polar surface area (TPSA) is 67.1 Å². The molecular weight excluding hydrogens is 262 g/mol. The van der Waals surface area contributed by atoms with E-state index in [2.05, 4.69) is 49.9 Å². The Morgan fingerprint density at radius 2 is 1.90 bits per heavy atom. The average molecular weight is 291 g/mol. The third-order valence-corrected chi connectivity index (χ3v) is 3.97. The Morgan fingerprint density at radius 3 is 2.33 bits per heavy atom. The lowest BCUT2D eigenvalue weighted by atomic mass is 9.95. The Morgan fingerprint density at radius 1 is 1.29 bits per heavy atom. The van der Waals surface area contributed by atoms with Crippen LogP contribution in [-0.4, -0.2) is 22.6 Å². The second-order valence-electron chi connectivity index (χ2n) is 7.43. The predicted octanol–water partition coefficient (Wildman–Crippen LogP) is 2.99. The number of aromatic nitrogens is 2. The second kappa shape index (κ2) is 5.79. The van der Waals surface area contributed by atoms with Crippen LogP contribution in [0.2, 0.25) is 0 Å². The number of nitrogens with one attached hydrogen (secondary N) is 1. The van der Waals surface area contributed by atoms with Crippen LogP contribution < -0.4 is 16.2 Å². The van der Waals surface area contributed by atoms with Crippen LogP contribution in [0.15, 0.2) is 0 Å². The van der Waals surface area contributed by atoms with E-state index in [0.717, 1.165) is 35.5 Å². The molecule has 0 aliphatic heterocycles. The van der Waals surface area contributed by atoms with Gasteiger partial charge in [0.1, 0.15) is 17.5 Å². The van der Waals surface area contributed by atoms with Gasteiger partial charge in [-0.25, -0.2) is 15.8 Å². The average Bonchev–Trinajstić information content (AvgIpc) is 3.19. The van der Waals surface area contributed by atoms with E-state index in [-0.39, 0.29) is 5.41 Å². The van der Waals surface area contributed by atoms with Crippen LogP contribution in [0.3, 0.4) is 0 Å². The van der Waals surface area contributed by atoms with Crippen LogP contribution in [-0.2, 0) is 5.41 Å². The smallest absolute Gasteiger partial charge is 0.148 e. The normalized spacial score (nSPS) is 15.4. The molecule has 0 unspecified atom stereocenters. The Bertz CT molecular complexity index is 500. The first kappa shape index (κ1) is 16.0. The highest BCUT2D eigenvalue weighted by atomic mass is 15.3. The molecule has 0 amide bonds. The van der Waals surface area contributed by atoms with Crippen LogP contribution in [0.5, 0.6) is 0 Å². The zero-order chi connectivity index (χ0) is 15.8. The van der Waals surface area contributed by atoms with Crippen LogP contribution in [0.4, 0.5) is 11.6 Å². The summed E-state index contributed by atoms with van der Waals surface area (Å²) in [5.74, 6) is 9.05. The zero-order valence-corrected chi connectivity index (χ0v) is 14.2. The maximum absolute atomic E-state index is 5.66. The molecule has 0 radical (unpaired) electrons. The molecule has 5 heteroatoms. The molecule has 0 atom stereocenters. The molecule has 1 aliphatic carbocycles. The minimum Gasteiger partial charge on any atom is -0.354 e. The van der Waals surface area contributed by atoms with E-state index in [9.17, 15) is 0 Å². The maximum atomic E-state index is 5.66. The van der Waals surface area contributed by atoms with Crippen molar-refractivity contribution in [3.05, 3.63) is 11.4 Å². The number of hydrogen-bond donors (Lipinski definition) is 2. The third kappa shape index (κ3) is 3.64. The number of nitrogens with two attached hydrogens (primary N) is 1. The molecule has 0 aromatic carbocycles. The molecule has 2 rings (SSSR count). The molecule has 1 aliphatic rings. The van der Waals surface area contributed by atoms with Crippen molar-refractivity contribution in [2.45, 2.75) is 65.8 Å². The fourth-order valence-electron chi connectivity index (χ4n) is 2.38. The lowest BCUT2D eigenvalue weighted by Gasteiger charge is -2.31. The standard InChI is InChI=1S/C16H29N5/c1-10(2)21(9-12-7-8-12)14-11(3)13(20-17)18-15(19-14)16(4,5)6/h10,12H,7-9,17H2,1-6H3,(H,18,19,20). The van der Waals surface area contributed by atoms with Crippen molar-refractivity contribution in [1.29, 1.82) is 0 Å². The van der Waals surface area contributed by atoms with Crippen LogP contribution in [0.1, 0.15) is 58.8 Å². The Kier molecular flexibility index (Phi) is 4.42. The van der Waals surface area contributed by atoms with E-state index in [4.69, 9.17) is 10.8 Å². The number of hydrazine groups is 1. The van der Waals surface area contributed by atoms with Crippen molar-refractivity contribution in [2.75, 3.05) is 16.9 Å². The van der Waals surface area contributed by atoms with Gasteiger partial charge >= 0.3 is 0 Å². The lowest BCUT2D eigenvalue weighted by Crippen LogP contribution is -2.35. The molecule has 3 N–H and O–H groups in total. The summed E-state index contributed by atoms with van der Waals surface area (Å²) in [6.45, 7) is 13.9. The van der Waals surface area contributed by atoms with E-state index < -0.39 is 0 Å². The summed E-state index contributed by atoms with van der Waals surface area (Å²) >= 11 is 0. The number of anilines is 2. The predicted molar refractivity (Wildman–Crippen MR) is 88.5 cm³/mol. The van der Waals surface area contributed by atoms with Crippen LogP contribution in [0.25, 0.3) is 0 Å². The first-order valence-electron chi connectivity index (χ1n) is 7.86. The van der Waals surface area contributed by atoms with Gasteiger partial charge in [0, 0.05) is 23.6 Å². The summed E-state index contributed by atoms with van der Waals surface area (Å²) in [4.78, 5) is 11.9. The largest absolute Gasteiger partial charge is 0.354 e. The first-order chi connectivity index (χ1) is 9.74. The first-order valence-corrected chi connectivity index (χ1v) is 7.86. The van der Waals surface area contributed by atoms with Gasteiger partial charge in [-0.15, -0.1) is 0 Å². The highest BCUT2D eigenvalue weighted by Crippen LogP contribution is 2.34. The number of nitrogens with zero attached hydrogens (tertiary/aromatic N) is 3. The SMILES string of the molecule is Cc1c(NN)nc(C(C)(C)C)nc1N(CC1CC1)C(C)C. The minimum absolute atomic E-state index is 0.101. The van der Waals surface area contributed by atoms with Gasteiger partial charge in [0.2, 0.25) is 0 Å². The van der Waals surface area contributed by atoms with E-state index in [0.29, 0.717) is 6.04 Å². The second-order valence-corrected chi connectivity index (χ2v) is 7.43. The molecule has 1 aromatic rings. The number of rotatable bonds is 5. The molecule has 5 nitrogen and oxygen atoms in total. The van der Waals surface area contributed by atoms with Crippen molar-refractivity contribution in [1.82, 2.24) is 9.97 Å². The fourth-order valence-corrected chi connectivity index (χ4v) is 2.38. The summed E-state index contributed by atoms with van der Waals surface area (Å²) in [7, 11) is 0. The van der Waals surface area contributed by atoms with E-state index >= 15 is 0 Å². The molecule has 0 bridgehead atoms. The van der Waals surface area contributed by atoms with E-state index in [1.165, 1.54) is 12.8 Å². The Hall–Kier alpha value is -1.36. The number of nitrogen functional groups attached to an aromatic ring is 1. The molecule has 1 fully saturated rings. The highest BCUT2D eigenvalue weighted by Gasteiger charge is 2.29. The van der Waals surface area contributed by atoms with Crippen molar-refractivity contribution >= 4 is 11.6 Å². The molecule has 1 heterocycles.